The van der Waals surface area contributed by atoms with Crippen LogP contribution in [0.25, 0.3) is 0 Å². The first-order chi connectivity index (χ1) is 6.38. The number of rotatable bonds is 4. The van der Waals surface area contributed by atoms with Crippen molar-refractivity contribution in [2.75, 3.05) is 6.61 Å². The SMILES string of the molecule is C/C=C/COc1cnccc1CN. The van der Waals surface area contributed by atoms with E-state index in [9.17, 15) is 0 Å². The summed E-state index contributed by atoms with van der Waals surface area (Å²) in [4.78, 5) is 3.97. The van der Waals surface area contributed by atoms with Gasteiger partial charge in [0.25, 0.3) is 0 Å². The second-order valence-electron chi connectivity index (χ2n) is 2.57. The average Bonchev–Trinajstić information content (AvgIpc) is 2.19. The zero-order valence-electron chi connectivity index (χ0n) is 7.73. The molecule has 0 unspecified atom stereocenters. The lowest BCUT2D eigenvalue weighted by molar-refractivity contribution is 0.357. The van der Waals surface area contributed by atoms with E-state index in [-0.39, 0.29) is 0 Å². The highest BCUT2D eigenvalue weighted by Gasteiger charge is 1.99. The maximum absolute atomic E-state index is 5.53. The lowest BCUT2D eigenvalue weighted by Gasteiger charge is -2.06. The average molecular weight is 178 g/mol. The van der Waals surface area contributed by atoms with Gasteiger partial charge in [-0.3, -0.25) is 4.98 Å². The molecule has 70 valence electrons. The molecule has 13 heavy (non-hydrogen) atoms. The molecule has 0 atom stereocenters. The number of ether oxygens (including phenoxy) is 1. The molecule has 0 aliphatic carbocycles. The Kier molecular flexibility index (Phi) is 3.99. The van der Waals surface area contributed by atoms with Gasteiger partial charge in [-0.25, -0.2) is 0 Å². The molecule has 3 nitrogen and oxygen atoms in total. The van der Waals surface area contributed by atoms with Crippen molar-refractivity contribution in [3.8, 4) is 5.75 Å². The zero-order valence-corrected chi connectivity index (χ0v) is 7.73. The van der Waals surface area contributed by atoms with Gasteiger partial charge in [-0.15, -0.1) is 0 Å². The Hall–Kier alpha value is -1.35. The van der Waals surface area contributed by atoms with E-state index in [4.69, 9.17) is 10.5 Å². The van der Waals surface area contributed by atoms with E-state index in [2.05, 4.69) is 4.98 Å². The van der Waals surface area contributed by atoms with Gasteiger partial charge in [0, 0.05) is 18.3 Å². The van der Waals surface area contributed by atoms with Gasteiger partial charge in [0.1, 0.15) is 12.4 Å². The number of pyridine rings is 1. The van der Waals surface area contributed by atoms with Crippen LogP contribution in [0.1, 0.15) is 12.5 Å². The highest BCUT2D eigenvalue weighted by Crippen LogP contribution is 2.14. The normalized spacial score (nSPS) is 10.6. The monoisotopic (exact) mass is 178 g/mol. The predicted octanol–water partition coefficient (Wildman–Crippen LogP) is 1.50. The molecule has 1 heterocycles. The van der Waals surface area contributed by atoms with Crippen molar-refractivity contribution in [2.24, 2.45) is 5.73 Å². The van der Waals surface area contributed by atoms with E-state index in [1.54, 1.807) is 12.4 Å². The minimum Gasteiger partial charge on any atom is -0.488 e. The fourth-order valence-electron chi connectivity index (χ4n) is 0.941. The van der Waals surface area contributed by atoms with Crippen LogP contribution >= 0.6 is 0 Å². The summed E-state index contributed by atoms with van der Waals surface area (Å²) < 4.78 is 5.44. The van der Waals surface area contributed by atoms with Crippen molar-refractivity contribution in [2.45, 2.75) is 13.5 Å². The lowest BCUT2D eigenvalue weighted by Crippen LogP contribution is -2.02. The lowest BCUT2D eigenvalue weighted by atomic mass is 10.2. The first-order valence-electron chi connectivity index (χ1n) is 4.25. The van der Waals surface area contributed by atoms with Gasteiger partial charge in [0.15, 0.2) is 0 Å². The topological polar surface area (TPSA) is 48.1 Å². The van der Waals surface area contributed by atoms with Crippen LogP contribution in [0, 0.1) is 0 Å². The van der Waals surface area contributed by atoms with Crippen molar-refractivity contribution >= 4 is 0 Å². The van der Waals surface area contributed by atoms with Gasteiger partial charge in [-0.1, -0.05) is 12.2 Å². The Morgan fingerprint density at radius 3 is 3.15 bits per heavy atom. The largest absolute Gasteiger partial charge is 0.488 e. The van der Waals surface area contributed by atoms with Crippen LogP contribution < -0.4 is 10.5 Å². The molecule has 0 aromatic carbocycles. The molecular formula is C10H14N2O. The molecule has 1 rings (SSSR count). The van der Waals surface area contributed by atoms with Gasteiger partial charge in [-0.05, 0) is 13.0 Å². The van der Waals surface area contributed by atoms with Crippen molar-refractivity contribution in [3.05, 3.63) is 36.2 Å². The van der Waals surface area contributed by atoms with Gasteiger partial charge in [0.2, 0.25) is 0 Å². The van der Waals surface area contributed by atoms with Crippen LogP contribution in [0.2, 0.25) is 0 Å². The number of nitrogens with two attached hydrogens (primary N) is 1. The second kappa shape index (κ2) is 5.32. The number of allylic oxidation sites excluding steroid dienone is 1. The minimum atomic E-state index is 0.480. The number of aromatic nitrogens is 1. The van der Waals surface area contributed by atoms with Gasteiger partial charge in [0.05, 0.1) is 6.20 Å². The van der Waals surface area contributed by atoms with Crippen molar-refractivity contribution in [3.63, 3.8) is 0 Å². The van der Waals surface area contributed by atoms with Crippen LogP contribution in [-0.2, 0) is 6.54 Å². The summed E-state index contributed by atoms with van der Waals surface area (Å²) in [5, 5.41) is 0. The van der Waals surface area contributed by atoms with E-state index in [0.717, 1.165) is 11.3 Å². The Morgan fingerprint density at radius 1 is 1.62 bits per heavy atom. The third kappa shape index (κ3) is 2.87. The Labute approximate surface area is 78.2 Å². The number of nitrogens with zero attached hydrogens (tertiary/aromatic N) is 1. The molecule has 0 radical (unpaired) electrons. The Balaban J connectivity index is 2.64. The smallest absolute Gasteiger partial charge is 0.142 e. The van der Waals surface area contributed by atoms with Crippen LogP contribution in [0.4, 0.5) is 0 Å². The maximum Gasteiger partial charge on any atom is 0.142 e. The fraction of sp³-hybridized carbons (Fsp3) is 0.300. The first-order valence-corrected chi connectivity index (χ1v) is 4.25. The molecule has 0 saturated heterocycles. The second-order valence-corrected chi connectivity index (χ2v) is 2.57. The molecule has 0 saturated carbocycles. The minimum absolute atomic E-state index is 0.480. The molecule has 0 spiro atoms. The molecule has 0 amide bonds. The van der Waals surface area contributed by atoms with Crippen molar-refractivity contribution in [1.82, 2.24) is 4.98 Å². The molecule has 1 aromatic heterocycles. The molecular weight excluding hydrogens is 164 g/mol. The number of hydrogen-bond acceptors (Lipinski definition) is 3. The van der Waals surface area contributed by atoms with Crippen LogP contribution in [-0.4, -0.2) is 11.6 Å². The molecule has 3 heteroatoms. The first kappa shape index (κ1) is 9.74. The van der Waals surface area contributed by atoms with Crippen LogP contribution in [0.3, 0.4) is 0 Å². The highest BCUT2D eigenvalue weighted by molar-refractivity contribution is 5.29. The zero-order chi connectivity index (χ0) is 9.52. The quantitative estimate of drug-likeness (QED) is 0.711. The summed E-state index contributed by atoms with van der Waals surface area (Å²) in [6.07, 6.45) is 7.28. The summed E-state index contributed by atoms with van der Waals surface area (Å²) in [5.74, 6) is 0.767. The molecule has 2 N–H and O–H groups in total. The third-order valence-corrected chi connectivity index (χ3v) is 1.66. The van der Waals surface area contributed by atoms with E-state index < -0.39 is 0 Å². The molecule has 0 aliphatic heterocycles. The van der Waals surface area contributed by atoms with Crippen molar-refractivity contribution < 1.29 is 4.74 Å². The molecule has 1 aromatic rings. The van der Waals surface area contributed by atoms with Gasteiger partial charge < -0.3 is 10.5 Å². The molecule has 0 bridgehead atoms. The van der Waals surface area contributed by atoms with E-state index in [1.165, 1.54) is 0 Å². The van der Waals surface area contributed by atoms with Gasteiger partial charge >= 0.3 is 0 Å². The predicted molar refractivity (Wildman–Crippen MR) is 52.4 cm³/mol. The maximum atomic E-state index is 5.53. The fourth-order valence-corrected chi connectivity index (χ4v) is 0.941. The summed E-state index contributed by atoms with van der Waals surface area (Å²) >= 11 is 0. The summed E-state index contributed by atoms with van der Waals surface area (Å²) in [6, 6.07) is 1.87. The van der Waals surface area contributed by atoms with Gasteiger partial charge in [-0.2, -0.15) is 0 Å². The van der Waals surface area contributed by atoms with E-state index in [1.807, 2.05) is 25.1 Å². The highest BCUT2D eigenvalue weighted by atomic mass is 16.5. The van der Waals surface area contributed by atoms with Crippen molar-refractivity contribution in [1.29, 1.82) is 0 Å². The van der Waals surface area contributed by atoms with Crippen LogP contribution in [0.5, 0.6) is 5.75 Å². The summed E-state index contributed by atoms with van der Waals surface area (Å²) in [5.41, 5.74) is 6.51. The van der Waals surface area contributed by atoms with Crippen LogP contribution in [0.15, 0.2) is 30.6 Å². The van der Waals surface area contributed by atoms with E-state index >= 15 is 0 Å². The standard InChI is InChI=1S/C10H14N2O/c1-2-3-6-13-10-8-12-5-4-9(10)7-11/h2-5,8H,6-7,11H2,1H3/b3-2+. The molecule has 0 fully saturated rings. The molecule has 0 aliphatic rings. The Bertz CT molecular complexity index is 284. The summed E-state index contributed by atoms with van der Waals surface area (Å²) in [6.45, 7) is 3.00. The number of hydrogen-bond donors (Lipinski definition) is 1. The van der Waals surface area contributed by atoms with E-state index in [0.29, 0.717) is 13.2 Å². The third-order valence-electron chi connectivity index (χ3n) is 1.66. The Morgan fingerprint density at radius 2 is 2.46 bits per heavy atom. The summed E-state index contributed by atoms with van der Waals surface area (Å²) in [7, 11) is 0.